The lowest BCUT2D eigenvalue weighted by molar-refractivity contribution is -0.151. The Hall–Kier alpha value is -14.0. The molecule has 0 saturated heterocycles. The van der Waals surface area contributed by atoms with Crippen molar-refractivity contribution >= 4 is 103 Å². The first-order chi connectivity index (χ1) is 57.6. The summed E-state index contributed by atoms with van der Waals surface area (Å²) in [5, 5.41) is 0.913. The van der Waals surface area contributed by atoms with Crippen molar-refractivity contribution in [2.24, 2.45) is 11.8 Å². The molecule has 0 aromatic heterocycles. The largest absolute Gasteiger partial charge is 0.462 e. The van der Waals surface area contributed by atoms with Crippen molar-refractivity contribution in [3.63, 3.8) is 0 Å². The fraction of sp³-hybridized carbons (Fsp3) is 0.245. The number of carbonyl (C=O) groups is 10. The van der Waals surface area contributed by atoms with E-state index in [0.717, 1.165) is 32.1 Å². The molecule has 0 N–H and O–H groups in total. The van der Waals surface area contributed by atoms with E-state index in [9.17, 15) is 19.2 Å². The van der Waals surface area contributed by atoms with E-state index in [-0.39, 0.29) is 224 Å². The van der Waals surface area contributed by atoms with Gasteiger partial charge < -0.3 is 47.4 Å². The minimum atomic E-state index is -1.52. The number of fused-ring (bicyclic) bond motifs is 2. The van der Waals surface area contributed by atoms with Crippen molar-refractivity contribution in [3.05, 3.63) is 286 Å². The summed E-state index contributed by atoms with van der Waals surface area (Å²) >= 11 is 0. The first kappa shape index (κ1) is 83.9. The molecular weight excluding hydrogens is 1530 g/mol. The SMILES string of the molecule is C=C(C)C(=O)OCCc1ccc(Oc2cc3c4c(cc(Oc5ccc(CCOC(=O)C(=C)C)cc5)c5c6c(Oc7ccc(CCOC(=O)C(=C)C)cc7)cc7c8c(cc(Oc9ccc(CCOC(=O)C(=C)C)cc9)c(c2c45)c86)C(=O)N(C(CC(C)C)C(=O)OCc2ccccc2)C7=O)C(=O)N(C(CC(C)C)C(=O)OCc2ccccc2)C3=O)cc1. The smallest absolute Gasteiger partial charge is 0.333 e. The van der Waals surface area contributed by atoms with Gasteiger partial charge >= 0.3 is 35.8 Å². The van der Waals surface area contributed by atoms with Crippen LogP contribution >= 0.6 is 0 Å². The van der Waals surface area contributed by atoms with E-state index in [4.69, 9.17) is 47.4 Å². The molecule has 0 bridgehead atoms. The van der Waals surface area contributed by atoms with Gasteiger partial charge in [0.1, 0.15) is 71.3 Å². The van der Waals surface area contributed by atoms with Crippen LogP contribution in [0.4, 0.5) is 0 Å². The Morgan fingerprint density at radius 3 is 0.750 bits per heavy atom. The molecule has 4 amide bonds. The highest BCUT2D eigenvalue weighted by atomic mass is 16.6. The standard InChI is InChI=1S/C98H90N2O20/c1-55(2)47-75(97(109)115-53-65-19-15-13-16-20-65)99-89(101)71-49-77(117-67-31-23-61(24-32-67)39-43-111-93(105)57(5)6)83-85-79(119-69-35-27-63(28-36-69)41-45-113-95(107)59(9)10)51-73-82-74(92(104)100(91(73)103)76(48-56(3)4)98(110)116-54-66-21-17-14-18-22-66)52-80(120-70-37-29-64(30-38-70)42-46-114-96(108)60(11)12)86(88(82)85)84-78(50-72(90(99)102)81(71)87(83)84)118-68-33-25-62(26-34-68)40-44-112-94(106)58(7)8/h13-38,49-52,55-56,75-76H,5,7,9,11,39-48,53-54H2,1-4,6,8,10,12H3. The first-order valence-electron chi connectivity index (χ1n) is 39.5. The fourth-order valence-corrected chi connectivity index (χ4v) is 14.5. The summed E-state index contributed by atoms with van der Waals surface area (Å²) in [5.74, 6) is -7.67. The zero-order chi connectivity index (χ0) is 85.3. The predicted molar refractivity (Wildman–Crippen MR) is 452 cm³/mol. The van der Waals surface area contributed by atoms with Crippen LogP contribution in [0.5, 0.6) is 46.0 Å². The van der Waals surface area contributed by atoms with Gasteiger partial charge in [-0.3, -0.25) is 29.0 Å². The summed E-state index contributed by atoms with van der Waals surface area (Å²) in [4.78, 5) is 148. The summed E-state index contributed by atoms with van der Waals surface area (Å²) < 4.78 is 63.2. The van der Waals surface area contributed by atoms with Gasteiger partial charge in [0, 0.05) is 91.1 Å². The Morgan fingerprint density at radius 1 is 0.300 bits per heavy atom. The van der Waals surface area contributed by atoms with Crippen LogP contribution in [0.1, 0.15) is 143 Å². The Kier molecular flexibility index (Phi) is 25.6. The van der Waals surface area contributed by atoms with Crippen LogP contribution in [0.3, 0.4) is 0 Å². The molecule has 2 heterocycles. The van der Waals surface area contributed by atoms with Crippen molar-refractivity contribution in [3.8, 4) is 46.0 Å². The summed E-state index contributed by atoms with van der Waals surface area (Å²) in [7, 11) is 0. The summed E-state index contributed by atoms with van der Waals surface area (Å²) in [6.07, 6.45) is 1.06. The summed E-state index contributed by atoms with van der Waals surface area (Å²) in [6.45, 7) is 28.1. The molecule has 0 fully saturated rings. The van der Waals surface area contributed by atoms with Gasteiger partial charge in [0.15, 0.2) is 0 Å². The predicted octanol–water partition coefficient (Wildman–Crippen LogP) is 19.1. The van der Waals surface area contributed by atoms with Gasteiger partial charge in [-0.15, -0.1) is 0 Å². The number of hydrogen-bond donors (Lipinski definition) is 0. The maximum absolute atomic E-state index is 16.5. The number of esters is 6. The van der Waals surface area contributed by atoms with Crippen LogP contribution in [0.2, 0.25) is 0 Å². The van der Waals surface area contributed by atoms with Crippen molar-refractivity contribution in [1.82, 2.24) is 9.80 Å². The summed E-state index contributed by atoms with van der Waals surface area (Å²) in [6, 6.07) is 48.4. The van der Waals surface area contributed by atoms with E-state index >= 15 is 28.8 Å². The summed E-state index contributed by atoms with van der Waals surface area (Å²) in [5.41, 5.74) is 4.67. The number of nitrogens with zero attached hydrogens (tertiary/aromatic N) is 2. The lowest BCUT2D eigenvalue weighted by Gasteiger charge is -2.36. The molecule has 0 saturated carbocycles. The molecule has 2 atom stereocenters. The van der Waals surface area contributed by atoms with Crippen LogP contribution in [-0.4, -0.2) is 108 Å². The number of benzene rings is 11. The second kappa shape index (κ2) is 36.7. The molecule has 13 rings (SSSR count). The van der Waals surface area contributed by atoms with Crippen molar-refractivity contribution in [2.45, 2.75) is 119 Å². The van der Waals surface area contributed by atoms with Gasteiger partial charge in [-0.2, -0.15) is 0 Å². The van der Waals surface area contributed by atoms with E-state index in [1.54, 1.807) is 173 Å². The van der Waals surface area contributed by atoms with Crippen LogP contribution in [-0.2, 0) is 96.1 Å². The van der Waals surface area contributed by atoms with Gasteiger partial charge in [0.05, 0.1) is 48.7 Å². The van der Waals surface area contributed by atoms with E-state index in [0.29, 0.717) is 11.1 Å². The third-order valence-corrected chi connectivity index (χ3v) is 20.5. The Labute approximate surface area is 693 Å². The second-order valence-corrected chi connectivity index (χ2v) is 30.8. The molecule has 11 aromatic rings. The van der Waals surface area contributed by atoms with Gasteiger partial charge in [0.2, 0.25) is 0 Å². The quantitative estimate of drug-likeness (QED) is 0.00881. The number of imide groups is 2. The zero-order valence-electron chi connectivity index (χ0n) is 68.0. The number of carbonyl (C=O) groups excluding carboxylic acids is 10. The highest BCUT2D eigenvalue weighted by molar-refractivity contribution is 6.45. The molecule has 2 aliphatic rings. The second-order valence-electron chi connectivity index (χ2n) is 30.8. The van der Waals surface area contributed by atoms with Crippen LogP contribution < -0.4 is 18.9 Å². The molecule has 2 unspecified atom stereocenters. The first-order valence-corrected chi connectivity index (χ1v) is 39.5. The van der Waals surface area contributed by atoms with Gasteiger partial charge in [0.25, 0.3) is 23.6 Å². The van der Waals surface area contributed by atoms with Crippen molar-refractivity contribution in [2.75, 3.05) is 26.4 Å². The third-order valence-electron chi connectivity index (χ3n) is 20.5. The van der Waals surface area contributed by atoms with Gasteiger partial charge in [-0.05, 0) is 159 Å². The van der Waals surface area contributed by atoms with Crippen LogP contribution in [0, 0.1) is 11.8 Å². The molecule has 0 radical (unpaired) electrons. The number of amides is 4. The van der Waals surface area contributed by atoms with Crippen molar-refractivity contribution in [1.29, 1.82) is 0 Å². The molecule has 22 nitrogen and oxygen atoms in total. The topological polar surface area (TPSA) is 269 Å². The molecule has 2 aliphatic heterocycles. The van der Waals surface area contributed by atoms with E-state index in [1.165, 1.54) is 24.3 Å². The molecular formula is C98H90N2O20. The normalized spacial score (nSPS) is 12.8. The third kappa shape index (κ3) is 18.5. The molecule has 612 valence electrons. The molecule has 0 aliphatic carbocycles. The van der Waals surface area contributed by atoms with E-state index < -0.39 is 71.5 Å². The monoisotopic (exact) mass is 1610 g/mol. The van der Waals surface area contributed by atoms with Gasteiger partial charge in [-0.25, -0.2) is 28.8 Å². The van der Waals surface area contributed by atoms with E-state index in [2.05, 4.69) is 26.3 Å². The highest BCUT2D eigenvalue weighted by Gasteiger charge is 2.47. The molecule has 0 spiro atoms. The van der Waals surface area contributed by atoms with Crippen LogP contribution in [0.15, 0.2) is 231 Å². The zero-order valence-corrected chi connectivity index (χ0v) is 68.0. The Morgan fingerprint density at radius 2 is 0.533 bits per heavy atom. The number of hydrogen-bond acceptors (Lipinski definition) is 20. The molecule has 22 heteroatoms. The Bertz CT molecular complexity index is 5260. The van der Waals surface area contributed by atoms with Crippen LogP contribution in [0.25, 0.3) is 43.1 Å². The fourth-order valence-electron chi connectivity index (χ4n) is 14.5. The average Bonchev–Trinajstić information content (AvgIpc) is 0.669. The number of rotatable bonds is 36. The maximum Gasteiger partial charge on any atom is 0.333 e. The minimum absolute atomic E-state index is 0.0146. The van der Waals surface area contributed by atoms with Gasteiger partial charge in [-0.1, -0.05) is 163 Å². The molecule has 120 heavy (non-hydrogen) atoms. The lowest BCUT2D eigenvalue weighted by atomic mass is 9.80. The lowest BCUT2D eigenvalue weighted by Crippen LogP contribution is -2.51. The average molecular weight is 1620 g/mol. The van der Waals surface area contributed by atoms with Crippen molar-refractivity contribution < 1.29 is 95.3 Å². The minimum Gasteiger partial charge on any atom is -0.462 e. The maximum atomic E-state index is 16.5. The van der Waals surface area contributed by atoms with E-state index in [1.807, 2.05) is 39.8 Å². The molecule has 11 aromatic carbocycles. The number of ether oxygens (including phenoxy) is 10. The highest BCUT2D eigenvalue weighted by Crippen LogP contribution is 2.58. The Balaban J connectivity index is 1.14.